The van der Waals surface area contributed by atoms with Crippen molar-refractivity contribution in [1.82, 2.24) is 4.98 Å². The third-order valence-corrected chi connectivity index (χ3v) is 1.94. The van der Waals surface area contributed by atoms with Gasteiger partial charge < -0.3 is 0 Å². The van der Waals surface area contributed by atoms with E-state index in [-0.39, 0.29) is 0 Å². The number of nitrogens with zero attached hydrogens (tertiary/aromatic N) is 2. The Morgan fingerprint density at radius 1 is 1.54 bits per heavy atom. The van der Waals surface area contributed by atoms with Gasteiger partial charge in [0.05, 0.1) is 11.3 Å². The molecule has 3 heteroatoms. The summed E-state index contributed by atoms with van der Waals surface area (Å²) in [5, 5.41) is 9.49. The zero-order chi connectivity index (χ0) is 9.52. The predicted octanol–water partition coefficient (Wildman–Crippen LogP) is 2.75. The maximum Gasteiger partial charge on any atom is 0.101 e. The molecule has 0 saturated carbocycles. The second-order valence-corrected chi connectivity index (χ2v) is 3.26. The molecule has 1 aromatic rings. The first kappa shape index (κ1) is 9.94. The number of pyridine rings is 1. The van der Waals surface area contributed by atoms with Gasteiger partial charge in [0, 0.05) is 11.5 Å². The summed E-state index contributed by atoms with van der Waals surface area (Å²) < 4.78 is 0. The fraction of sp³-hybridized carbons (Fsp3) is 0.200. The van der Waals surface area contributed by atoms with Gasteiger partial charge in [0.1, 0.15) is 6.07 Å². The van der Waals surface area contributed by atoms with Gasteiger partial charge in [0.25, 0.3) is 0 Å². The highest BCUT2D eigenvalue weighted by Gasteiger charge is 1.89. The van der Waals surface area contributed by atoms with Crippen LogP contribution >= 0.6 is 15.9 Å². The van der Waals surface area contributed by atoms with E-state index in [1.807, 2.05) is 24.3 Å². The minimum absolute atomic E-state index is 0.595. The van der Waals surface area contributed by atoms with Crippen LogP contribution in [0.4, 0.5) is 0 Å². The Labute approximate surface area is 86.0 Å². The third kappa shape index (κ3) is 3.39. The normalized spacial score (nSPS) is 10.2. The molecule has 0 saturated heterocycles. The van der Waals surface area contributed by atoms with Crippen LogP contribution in [0.5, 0.6) is 0 Å². The number of allylic oxidation sites excluding steroid dienone is 1. The van der Waals surface area contributed by atoms with Crippen LogP contribution in [0.1, 0.15) is 17.7 Å². The van der Waals surface area contributed by atoms with Gasteiger partial charge in [-0.15, -0.1) is 0 Å². The minimum Gasteiger partial charge on any atom is -0.256 e. The average molecular weight is 237 g/mol. The number of nitriles is 1. The molecule has 0 aliphatic heterocycles. The van der Waals surface area contributed by atoms with Gasteiger partial charge in [-0.2, -0.15) is 5.26 Å². The zero-order valence-corrected chi connectivity index (χ0v) is 8.66. The van der Waals surface area contributed by atoms with Gasteiger partial charge in [0.2, 0.25) is 0 Å². The largest absolute Gasteiger partial charge is 0.256 e. The van der Waals surface area contributed by atoms with Crippen molar-refractivity contribution in [1.29, 1.82) is 5.26 Å². The Morgan fingerprint density at radius 2 is 2.38 bits per heavy atom. The number of alkyl halides is 1. The van der Waals surface area contributed by atoms with Crippen molar-refractivity contribution >= 4 is 22.0 Å². The van der Waals surface area contributed by atoms with Crippen LogP contribution in [-0.4, -0.2) is 10.3 Å². The summed E-state index contributed by atoms with van der Waals surface area (Å²) in [6.07, 6.45) is 6.56. The first-order valence-electron chi connectivity index (χ1n) is 3.95. The molecule has 0 aromatic carbocycles. The van der Waals surface area contributed by atoms with Crippen LogP contribution in [0.2, 0.25) is 0 Å². The fourth-order valence-electron chi connectivity index (χ4n) is 0.837. The fourth-order valence-corrected chi connectivity index (χ4v) is 1.10. The lowest BCUT2D eigenvalue weighted by Gasteiger charge is -1.91. The highest BCUT2D eigenvalue weighted by atomic mass is 79.9. The molecule has 0 aliphatic rings. The number of rotatable bonds is 3. The van der Waals surface area contributed by atoms with E-state index < -0.39 is 0 Å². The van der Waals surface area contributed by atoms with Crippen LogP contribution in [0.3, 0.4) is 0 Å². The molecule has 2 nitrogen and oxygen atoms in total. The van der Waals surface area contributed by atoms with E-state index >= 15 is 0 Å². The van der Waals surface area contributed by atoms with Crippen LogP contribution in [0.15, 0.2) is 24.4 Å². The topological polar surface area (TPSA) is 36.7 Å². The van der Waals surface area contributed by atoms with E-state index in [4.69, 9.17) is 5.26 Å². The van der Waals surface area contributed by atoms with Crippen molar-refractivity contribution in [2.45, 2.75) is 6.42 Å². The van der Waals surface area contributed by atoms with Gasteiger partial charge in [-0.3, -0.25) is 4.98 Å². The van der Waals surface area contributed by atoms with E-state index in [9.17, 15) is 0 Å². The van der Waals surface area contributed by atoms with Crippen LogP contribution in [-0.2, 0) is 0 Å². The van der Waals surface area contributed by atoms with Crippen molar-refractivity contribution < 1.29 is 0 Å². The molecule has 0 atom stereocenters. The Bertz CT molecular complexity index is 322. The van der Waals surface area contributed by atoms with Crippen LogP contribution in [0.25, 0.3) is 6.08 Å². The van der Waals surface area contributed by atoms with E-state index in [1.165, 1.54) is 0 Å². The molecule has 0 bridgehead atoms. The summed E-state index contributed by atoms with van der Waals surface area (Å²) in [6.45, 7) is 0. The van der Waals surface area contributed by atoms with Gasteiger partial charge in [0.15, 0.2) is 0 Å². The standard InChI is InChI=1S/C10H9BrN2/c11-6-2-1-3-10-5-4-9(7-12)8-13-10/h1,3-5,8H,2,6H2. The van der Waals surface area contributed by atoms with Crippen molar-refractivity contribution in [2.75, 3.05) is 5.33 Å². The second kappa shape index (κ2) is 5.50. The van der Waals surface area contributed by atoms with E-state index in [1.54, 1.807) is 12.3 Å². The summed E-state index contributed by atoms with van der Waals surface area (Å²) in [7, 11) is 0. The molecule has 0 spiro atoms. The average Bonchev–Trinajstić information content (AvgIpc) is 2.19. The molecule has 0 fully saturated rings. The first-order valence-corrected chi connectivity index (χ1v) is 5.07. The Balaban J connectivity index is 2.65. The molecule has 0 N–H and O–H groups in total. The Morgan fingerprint density at radius 3 is 2.92 bits per heavy atom. The van der Waals surface area contributed by atoms with Crippen molar-refractivity contribution in [2.24, 2.45) is 0 Å². The lowest BCUT2D eigenvalue weighted by molar-refractivity contribution is 1.24. The number of halogens is 1. The van der Waals surface area contributed by atoms with Crippen LogP contribution < -0.4 is 0 Å². The summed E-state index contributed by atoms with van der Waals surface area (Å²) >= 11 is 3.33. The molecule has 0 unspecified atom stereocenters. The van der Waals surface area contributed by atoms with Gasteiger partial charge in [-0.1, -0.05) is 22.0 Å². The van der Waals surface area contributed by atoms with Crippen molar-refractivity contribution in [3.63, 3.8) is 0 Å². The smallest absolute Gasteiger partial charge is 0.101 e. The van der Waals surface area contributed by atoms with E-state index in [0.717, 1.165) is 17.4 Å². The van der Waals surface area contributed by atoms with Gasteiger partial charge in [-0.05, 0) is 24.6 Å². The van der Waals surface area contributed by atoms with E-state index in [0.29, 0.717) is 5.56 Å². The highest BCUT2D eigenvalue weighted by Crippen LogP contribution is 2.02. The van der Waals surface area contributed by atoms with Crippen LogP contribution in [0, 0.1) is 11.3 Å². The number of aromatic nitrogens is 1. The molecule has 0 amide bonds. The third-order valence-electron chi connectivity index (χ3n) is 1.48. The first-order chi connectivity index (χ1) is 6.36. The highest BCUT2D eigenvalue weighted by molar-refractivity contribution is 9.09. The quantitative estimate of drug-likeness (QED) is 0.758. The number of hydrogen-bond acceptors (Lipinski definition) is 2. The SMILES string of the molecule is N#Cc1ccc(C=CCCBr)nc1. The van der Waals surface area contributed by atoms with Crippen molar-refractivity contribution in [3.05, 3.63) is 35.7 Å². The molecule has 13 heavy (non-hydrogen) atoms. The maximum atomic E-state index is 8.53. The van der Waals surface area contributed by atoms with E-state index in [2.05, 4.69) is 20.9 Å². The predicted molar refractivity (Wildman–Crippen MR) is 56.4 cm³/mol. The Hall–Kier alpha value is -1.14. The summed E-state index contributed by atoms with van der Waals surface area (Å²) in [4.78, 5) is 4.10. The summed E-state index contributed by atoms with van der Waals surface area (Å²) in [6, 6.07) is 5.63. The van der Waals surface area contributed by atoms with Gasteiger partial charge in [-0.25, -0.2) is 0 Å². The summed E-state index contributed by atoms with van der Waals surface area (Å²) in [5.74, 6) is 0. The molecular formula is C10H9BrN2. The number of hydrogen-bond donors (Lipinski definition) is 0. The van der Waals surface area contributed by atoms with Gasteiger partial charge >= 0.3 is 0 Å². The van der Waals surface area contributed by atoms with Crippen molar-refractivity contribution in [3.8, 4) is 6.07 Å². The molecule has 0 aliphatic carbocycles. The molecule has 1 heterocycles. The molecule has 1 aromatic heterocycles. The lowest BCUT2D eigenvalue weighted by atomic mass is 10.2. The Kier molecular flexibility index (Phi) is 4.20. The molecular weight excluding hydrogens is 228 g/mol. The minimum atomic E-state index is 0.595. The lowest BCUT2D eigenvalue weighted by Crippen LogP contribution is -1.81. The molecule has 0 radical (unpaired) electrons. The molecule has 1 rings (SSSR count). The maximum absolute atomic E-state index is 8.53. The second-order valence-electron chi connectivity index (χ2n) is 2.46. The summed E-state index contributed by atoms with van der Waals surface area (Å²) in [5.41, 5.74) is 1.48. The molecule has 66 valence electrons. The monoisotopic (exact) mass is 236 g/mol. The zero-order valence-electron chi connectivity index (χ0n) is 7.07.